The first-order chi connectivity index (χ1) is 11.5. The zero-order chi connectivity index (χ0) is 17.5. The van der Waals surface area contributed by atoms with Crippen molar-refractivity contribution in [3.8, 4) is 0 Å². The third-order valence-corrected chi connectivity index (χ3v) is 3.08. The molecule has 0 aromatic carbocycles. The average molecular weight is 333 g/mol. The van der Waals surface area contributed by atoms with Gasteiger partial charge in [-0.1, -0.05) is 12.1 Å². The molecule has 0 fully saturated rings. The van der Waals surface area contributed by atoms with Gasteiger partial charge in [-0.05, 0) is 19.4 Å². The van der Waals surface area contributed by atoms with Gasteiger partial charge in [0.1, 0.15) is 12.3 Å². The molecule has 0 spiro atoms. The predicted molar refractivity (Wildman–Crippen MR) is 85.3 cm³/mol. The lowest BCUT2D eigenvalue weighted by atomic mass is 10.2. The van der Waals surface area contributed by atoms with Crippen LogP contribution in [0.25, 0.3) is 0 Å². The number of ether oxygens (including phenoxy) is 1. The van der Waals surface area contributed by atoms with Gasteiger partial charge in [-0.2, -0.15) is 0 Å². The summed E-state index contributed by atoms with van der Waals surface area (Å²) in [6.45, 7) is 3.38. The van der Waals surface area contributed by atoms with Gasteiger partial charge in [-0.25, -0.2) is 9.97 Å². The molecule has 2 rings (SSSR count). The standard InChI is InChI=1S/C15H19N5O4/c1-4-11(14(22)18-12-8-10(2)24-19-12)23-13(21)9-20(3)15-16-6-5-7-17-15/h5-8,11H,4,9H2,1-3H3,(H,18,19,22). The number of nitrogens with zero attached hydrogens (tertiary/aromatic N) is 4. The van der Waals surface area contributed by atoms with Crippen LogP contribution in [0.3, 0.4) is 0 Å². The first kappa shape index (κ1) is 17.4. The van der Waals surface area contributed by atoms with Crippen LogP contribution in [0.2, 0.25) is 0 Å². The molecule has 2 aromatic heterocycles. The number of carbonyl (C=O) groups is 2. The Hall–Kier alpha value is -2.97. The van der Waals surface area contributed by atoms with Crippen LogP contribution in [-0.4, -0.2) is 46.7 Å². The van der Waals surface area contributed by atoms with E-state index < -0.39 is 18.0 Å². The molecule has 0 aliphatic rings. The molecule has 9 heteroatoms. The van der Waals surface area contributed by atoms with Gasteiger partial charge in [0.05, 0.1) is 0 Å². The fourth-order valence-corrected chi connectivity index (χ4v) is 1.90. The predicted octanol–water partition coefficient (Wildman–Crippen LogP) is 1.17. The highest BCUT2D eigenvalue weighted by Crippen LogP contribution is 2.10. The van der Waals surface area contributed by atoms with Crippen molar-refractivity contribution in [2.75, 3.05) is 23.8 Å². The summed E-state index contributed by atoms with van der Waals surface area (Å²) in [5, 5.41) is 6.21. The number of amides is 1. The molecule has 1 N–H and O–H groups in total. The highest BCUT2D eigenvalue weighted by atomic mass is 16.5. The zero-order valence-electron chi connectivity index (χ0n) is 13.7. The molecule has 24 heavy (non-hydrogen) atoms. The third kappa shape index (κ3) is 4.77. The Bertz CT molecular complexity index is 688. The Balaban J connectivity index is 1.89. The van der Waals surface area contributed by atoms with Crippen molar-refractivity contribution in [1.82, 2.24) is 15.1 Å². The summed E-state index contributed by atoms with van der Waals surface area (Å²) in [5.74, 6) is 0.229. The number of hydrogen-bond donors (Lipinski definition) is 1. The molecule has 2 aromatic rings. The molecule has 0 bridgehead atoms. The van der Waals surface area contributed by atoms with Gasteiger partial charge in [-0.15, -0.1) is 0 Å². The SMILES string of the molecule is CCC(OC(=O)CN(C)c1ncccn1)C(=O)Nc1cc(C)on1. The first-order valence-corrected chi connectivity index (χ1v) is 7.41. The number of hydrogen-bond acceptors (Lipinski definition) is 8. The number of esters is 1. The van der Waals surface area contributed by atoms with Crippen LogP contribution < -0.4 is 10.2 Å². The first-order valence-electron chi connectivity index (χ1n) is 7.41. The molecule has 0 saturated heterocycles. The Labute approximate surface area is 139 Å². The Morgan fingerprint density at radius 3 is 2.67 bits per heavy atom. The monoisotopic (exact) mass is 333 g/mol. The van der Waals surface area contributed by atoms with E-state index in [4.69, 9.17) is 9.26 Å². The quantitative estimate of drug-likeness (QED) is 0.752. The maximum absolute atomic E-state index is 12.1. The zero-order valence-corrected chi connectivity index (χ0v) is 13.7. The fourth-order valence-electron chi connectivity index (χ4n) is 1.90. The van der Waals surface area contributed by atoms with Crippen molar-refractivity contribution >= 4 is 23.6 Å². The minimum absolute atomic E-state index is 0.0726. The summed E-state index contributed by atoms with van der Waals surface area (Å²) in [4.78, 5) is 33.8. The van der Waals surface area contributed by atoms with E-state index in [0.717, 1.165) is 0 Å². The number of anilines is 2. The topological polar surface area (TPSA) is 110 Å². The Kier molecular flexibility index (Phi) is 5.83. The van der Waals surface area contributed by atoms with Crippen molar-refractivity contribution in [3.63, 3.8) is 0 Å². The summed E-state index contributed by atoms with van der Waals surface area (Å²) in [6, 6.07) is 3.26. The normalized spacial score (nSPS) is 11.6. The van der Waals surface area contributed by atoms with Crippen molar-refractivity contribution in [2.24, 2.45) is 0 Å². The summed E-state index contributed by atoms with van der Waals surface area (Å²) >= 11 is 0. The Morgan fingerprint density at radius 2 is 2.08 bits per heavy atom. The van der Waals surface area contributed by atoms with Crippen LogP contribution in [0.15, 0.2) is 29.0 Å². The van der Waals surface area contributed by atoms with E-state index in [1.54, 1.807) is 45.4 Å². The number of aromatic nitrogens is 3. The van der Waals surface area contributed by atoms with Crippen molar-refractivity contribution in [2.45, 2.75) is 26.4 Å². The number of carbonyl (C=O) groups excluding carboxylic acids is 2. The van der Waals surface area contributed by atoms with Gasteiger partial charge < -0.3 is 19.5 Å². The van der Waals surface area contributed by atoms with Crippen LogP contribution in [0.1, 0.15) is 19.1 Å². The van der Waals surface area contributed by atoms with E-state index >= 15 is 0 Å². The highest BCUT2D eigenvalue weighted by Gasteiger charge is 2.23. The molecule has 1 amide bonds. The van der Waals surface area contributed by atoms with E-state index in [-0.39, 0.29) is 12.4 Å². The van der Waals surface area contributed by atoms with Crippen molar-refractivity contribution in [3.05, 3.63) is 30.3 Å². The third-order valence-electron chi connectivity index (χ3n) is 3.08. The van der Waals surface area contributed by atoms with E-state index in [2.05, 4.69) is 20.4 Å². The van der Waals surface area contributed by atoms with E-state index in [1.807, 2.05) is 0 Å². The number of rotatable bonds is 7. The van der Waals surface area contributed by atoms with Crippen LogP contribution in [0.5, 0.6) is 0 Å². The molecular formula is C15H19N5O4. The summed E-state index contributed by atoms with van der Waals surface area (Å²) in [5.41, 5.74) is 0. The van der Waals surface area contributed by atoms with Crippen LogP contribution in [0.4, 0.5) is 11.8 Å². The van der Waals surface area contributed by atoms with Gasteiger partial charge >= 0.3 is 5.97 Å². The minimum Gasteiger partial charge on any atom is -0.451 e. The van der Waals surface area contributed by atoms with Gasteiger partial charge in [-0.3, -0.25) is 9.59 Å². The van der Waals surface area contributed by atoms with Crippen LogP contribution in [-0.2, 0) is 14.3 Å². The second-order valence-corrected chi connectivity index (χ2v) is 5.10. The number of aryl methyl sites for hydroxylation is 1. The van der Waals surface area contributed by atoms with E-state index in [9.17, 15) is 9.59 Å². The van der Waals surface area contributed by atoms with Gasteiger partial charge in [0.15, 0.2) is 11.9 Å². The van der Waals surface area contributed by atoms with E-state index in [1.165, 1.54) is 4.90 Å². The smallest absolute Gasteiger partial charge is 0.326 e. The maximum Gasteiger partial charge on any atom is 0.326 e. The number of nitrogens with one attached hydrogen (secondary N) is 1. The highest BCUT2D eigenvalue weighted by molar-refractivity contribution is 5.94. The summed E-state index contributed by atoms with van der Waals surface area (Å²) in [7, 11) is 1.66. The van der Waals surface area contributed by atoms with Crippen molar-refractivity contribution < 1.29 is 18.8 Å². The Morgan fingerprint density at radius 1 is 1.38 bits per heavy atom. The lowest BCUT2D eigenvalue weighted by molar-refractivity contribution is -0.152. The molecular weight excluding hydrogens is 314 g/mol. The minimum atomic E-state index is -0.917. The molecule has 0 aliphatic carbocycles. The molecule has 9 nitrogen and oxygen atoms in total. The van der Waals surface area contributed by atoms with Crippen molar-refractivity contribution in [1.29, 1.82) is 0 Å². The lowest BCUT2D eigenvalue weighted by Gasteiger charge is -2.19. The molecule has 128 valence electrons. The van der Waals surface area contributed by atoms with Gasteiger partial charge in [0, 0.05) is 25.5 Å². The van der Waals surface area contributed by atoms with Crippen LogP contribution in [0, 0.1) is 6.92 Å². The second-order valence-electron chi connectivity index (χ2n) is 5.10. The number of likely N-dealkylation sites (N-methyl/N-ethyl adjacent to an activating group) is 1. The maximum atomic E-state index is 12.1. The van der Waals surface area contributed by atoms with E-state index in [0.29, 0.717) is 18.1 Å². The molecule has 0 aliphatic heterocycles. The van der Waals surface area contributed by atoms with Gasteiger partial charge in [0.25, 0.3) is 5.91 Å². The molecule has 1 atom stereocenters. The van der Waals surface area contributed by atoms with Gasteiger partial charge in [0.2, 0.25) is 5.95 Å². The van der Waals surface area contributed by atoms with Crippen LogP contribution >= 0.6 is 0 Å². The molecule has 1 unspecified atom stereocenters. The molecule has 2 heterocycles. The fraction of sp³-hybridized carbons (Fsp3) is 0.400. The second kappa shape index (κ2) is 8.04. The molecule has 0 saturated carbocycles. The largest absolute Gasteiger partial charge is 0.451 e. The lowest BCUT2D eigenvalue weighted by Crippen LogP contribution is -2.36. The summed E-state index contributed by atoms with van der Waals surface area (Å²) in [6.07, 6.45) is 2.57. The summed E-state index contributed by atoms with van der Waals surface area (Å²) < 4.78 is 10.1. The molecule has 0 radical (unpaired) electrons. The average Bonchev–Trinajstić information content (AvgIpc) is 2.98.